The van der Waals surface area contributed by atoms with Crippen LogP contribution in [0.15, 0.2) is 24.3 Å². The number of methoxy groups -OCH3 is 1. The zero-order valence-corrected chi connectivity index (χ0v) is 13.2. The van der Waals surface area contributed by atoms with Gasteiger partial charge in [0.25, 0.3) is 0 Å². The highest BCUT2D eigenvalue weighted by Crippen LogP contribution is 2.19. The summed E-state index contributed by atoms with van der Waals surface area (Å²) in [7, 11) is 1.67. The lowest BCUT2D eigenvalue weighted by atomic mass is 10.1. The number of carbonyl (C=O) groups excluding carboxylic acids is 1. The summed E-state index contributed by atoms with van der Waals surface area (Å²) in [6.07, 6.45) is 3.51. The Balaban J connectivity index is 2.89. The molecule has 0 aliphatic heterocycles. The van der Waals surface area contributed by atoms with Gasteiger partial charge in [0.2, 0.25) is 5.91 Å². The zero-order chi connectivity index (χ0) is 15.0. The van der Waals surface area contributed by atoms with E-state index in [1.807, 2.05) is 23.1 Å². The Bertz CT molecular complexity index is 413. The lowest BCUT2D eigenvalue weighted by Crippen LogP contribution is -2.39. The van der Waals surface area contributed by atoms with Crippen LogP contribution < -0.4 is 4.74 Å². The van der Waals surface area contributed by atoms with Crippen LogP contribution in [-0.4, -0.2) is 24.0 Å². The normalized spacial score (nSPS) is 10.7. The number of nitrogens with zero attached hydrogens (tertiary/aromatic N) is 1. The minimum Gasteiger partial charge on any atom is -0.497 e. The first-order valence-electron chi connectivity index (χ1n) is 7.58. The highest BCUT2D eigenvalue weighted by molar-refractivity contribution is 5.76. The molecule has 0 saturated heterocycles. The molecule has 1 aromatic carbocycles. The first-order valence-corrected chi connectivity index (χ1v) is 7.58. The molecule has 0 fully saturated rings. The number of amides is 1. The Morgan fingerprint density at radius 2 is 1.95 bits per heavy atom. The van der Waals surface area contributed by atoms with Crippen LogP contribution in [-0.2, 0) is 11.3 Å². The first-order chi connectivity index (χ1) is 9.65. The van der Waals surface area contributed by atoms with Crippen LogP contribution in [0.25, 0.3) is 0 Å². The van der Waals surface area contributed by atoms with Crippen molar-refractivity contribution in [3.8, 4) is 5.75 Å². The van der Waals surface area contributed by atoms with E-state index in [-0.39, 0.29) is 5.91 Å². The maximum absolute atomic E-state index is 12.4. The maximum atomic E-state index is 12.4. The second-order valence-corrected chi connectivity index (χ2v) is 5.09. The van der Waals surface area contributed by atoms with Crippen LogP contribution in [0.3, 0.4) is 0 Å². The molecule has 0 spiro atoms. The molecule has 112 valence electrons. The van der Waals surface area contributed by atoms with E-state index in [4.69, 9.17) is 4.74 Å². The fourth-order valence-corrected chi connectivity index (χ4v) is 2.48. The standard InChI is InChI=1S/C17H27NO2/c1-5-9-17(19)18(15(6-2)7-3)13-14-10-8-11-16(12-14)20-4/h8,10-12,15H,5-7,9,13H2,1-4H3. The topological polar surface area (TPSA) is 29.5 Å². The molecular formula is C17H27NO2. The summed E-state index contributed by atoms with van der Waals surface area (Å²) in [4.78, 5) is 14.4. The third-order valence-corrected chi connectivity index (χ3v) is 3.65. The SMILES string of the molecule is CCCC(=O)N(Cc1cccc(OC)c1)C(CC)CC. The average Bonchev–Trinajstić information content (AvgIpc) is 2.48. The molecule has 0 aromatic heterocycles. The summed E-state index contributed by atoms with van der Waals surface area (Å²) in [5, 5.41) is 0. The van der Waals surface area contributed by atoms with Crippen molar-refractivity contribution in [1.82, 2.24) is 4.90 Å². The molecule has 0 atom stereocenters. The van der Waals surface area contributed by atoms with Crippen molar-refractivity contribution in [1.29, 1.82) is 0 Å². The predicted molar refractivity (Wildman–Crippen MR) is 82.8 cm³/mol. The van der Waals surface area contributed by atoms with Crippen molar-refractivity contribution in [2.75, 3.05) is 7.11 Å². The van der Waals surface area contributed by atoms with E-state index in [0.717, 1.165) is 30.6 Å². The Kier molecular flexibility index (Phi) is 7.13. The van der Waals surface area contributed by atoms with Gasteiger partial charge in [0.05, 0.1) is 7.11 Å². The lowest BCUT2D eigenvalue weighted by molar-refractivity contribution is -0.134. The van der Waals surface area contributed by atoms with E-state index in [0.29, 0.717) is 19.0 Å². The third-order valence-electron chi connectivity index (χ3n) is 3.65. The van der Waals surface area contributed by atoms with E-state index in [9.17, 15) is 4.79 Å². The van der Waals surface area contributed by atoms with Crippen molar-refractivity contribution in [3.05, 3.63) is 29.8 Å². The van der Waals surface area contributed by atoms with Crippen LogP contribution >= 0.6 is 0 Å². The van der Waals surface area contributed by atoms with Crippen molar-refractivity contribution in [2.45, 2.75) is 59.0 Å². The number of rotatable bonds is 8. The van der Waals surface area contributed by atoms with Gasteiger partial charge in [-0.25, -0.2) is 0 Å². The molecule has 0 heterocycles. The molecular weight excluding hydrogens is 250 g/mol. The Labute approximate surface area is 122 Å². The summed E-state index contributed by atoms with van der Waals surface area (Å²) >= 11 is 0. The van der Waals surface area contributed by atoms with Crippen LogP contribution in [0.5, 0.6) is 5.75 Å². The molecule has 3 nitrogen and oxygen atoms in total. The van der Waals surface area contributed by atoms with Crippen molar-refractivity contribution in [2.24, 2.45) is 0 Å². The van der Waals surface area contributed by atoms with Crippen molar-refractivity contribution >= 4 is 5.91 Å². The molecule has 1 rings (SSSR count). The smallest absolute Gasteiger partial charge is 0.223 e. The van der Waals surface area contributed by atoms with E-state index in [1.54, 1.807) is 7.11 Å². The minimum atomic E-state index is 0.254. The van der Waals surface area contributed by atoms with Crippen LogP contribution in [0, 0.1) is 0 Å². The van der Waals surface area contributed by atoms with E-state index in [1.165, 1.54) is 0 Å². The molecule has 0 unspecified atom stereocenters. The molecule has 0 saturated carbocycles. The first kappa shape index (κ1) is 16.5. The second-order valence-electron chi connectivity index (χ2n) is 5.09. The van der Waals surface area contributed by atoms with E-state index >= 15 is 0 Å². The highest BCUT2D eigenvalue weighted by atomic mass is 16.5. The number of ether oxygens (including phenoxy) is 1. The quantitative estimate of drug-likeness (QED) is 0.718. The van der Waals surface area contributed by atoms with Gasteiger partial charge >= 0.3 is 0 Å². The van der Waals surface area contributed by atoms with Gasteiger partial charge in [-0.3, -0.25) is 4.79 Å². The van der Waals surface area contributed by atoms with Crippen LogP contribution in [0.4, 0.5) is 0 Å². The Morgan fingerprint density at radius 1 is 1.25 bits per heavy atom. The molecule has 20 heavy (non-hydrogen) atoms. The van der Waals surface area contributed by atoms with E-state index < -0.39 is 0 Å². The molecule has 1 amide bonds. The Morgan fingerprint density at radius 3 is 2.50 bits per heavy atom. The summed E-state index contributed by atoms with van der Waals surface area (Å²) in [5.41, 5.74) is 1.13. The molecule has 0 aliphatic carbocycles. The number of carbonyl (C=O) groups is 1. The molecule has 0 bridgehead atoms. The van der Waals surface area contributed by atoms with Crippen molar-refractivity contribution in [3.63, 3.8) is 0 Å². The maximum Gasteiger partial charge on any atom is 0.223 e. The fourth-order valence-electron chi connectivity index (χ4n) is 2.48. The summed E-state index contributed by atoms with van der Waals surface area (Å²) in [6, 6.07) is 8.29. The number of hydrogen-bond acceptors (Lipinski definition) is 2. The molecule has 1 aromatic rings. The van der Waals surface area contributed by atoms with Gasteiger partial charge in [0.1, 0.15) is 5.75 Å². The Hall–Kier alpha value is -1.51. The largest absolute Gasteiger partial charge is 0.497 e. The lowest BCUT2D eigenvalue weighted by Gasteiger charge is -2.31. The minimum absolute atomic E-state index is 0.254. The number of hydrogen-bond donors (Lipinski definition) is 0. The number of benzene rings is 1. The van der Waals surface area contributed by atoms with Gasteiger partial charge in [0.15, 0.2) is 0 Å². The van der Waals surface area contributed by atoms with Crippen LogP contribution in [0.1, 0.15) is 52.0 Å². The van der Waals surface area contributed by atoms with Gasteiger partial charge < -0.3 is 9.64 Å². The van der Waals surface area contributed by atoms with Crippen molar-refractivity contribution < 1.29 is 9.53 Å². The summed E-state index contributed by atoms with van der Waals surface area (Å²) < 4.78 is 5.25. The highest BCUT2D eigenvalue weighted by Gasteiger charge is 2.20. The molecule has 0 aliphatic rings. The predicted octanol–water partition coefficient (Wildman–Crippen LogP) is 4.01. The zero-order valence-electron chi connectivity index (χ0n) is 13.2. The van der Waals surface area contributed by atoms with Gasteiger partial charge in [-0.1, -0.05) is 32.9 Å². The summed E-state index contributed by atoms with van der Waals surface area (Å²) in [5.74, 6) is 1.10. The van der Waals surface area contributed by atoms with Crippen LogP contribution in [0.2, 0.25) is 0 Å². The molecule has 0 N–H and O–H groups in total. The second kappa shape index (κ2) is 8.62. The van der Waals surface area contributed by atoms with Gasteiger partial charge in [-0.2, -0.15) is 0 Å². The molecule has 0 radical (unpaired) electrons. The summed E-state index contributed by atoms with van der Waals surface area (Å²) in [6.45, 7) is 7.01. The fraction of sp³-hybridized carbons (Fsp3) is 0.588. The van der Waals surface area contributed by atoms with E-state index in [2.05, 4.69) is 26.8 Å². The molecule has 3 heteroatoms. The monoisotopic (exact) mass is 277 g/mol. The van der Waals surface area contributed by atoms with Gasteiger partial charge in [-0.05, 0) is 37.0 Å². The van der Waals surface area contributed by atoms with Gasteiger partial charge in [0, 0.05) is 19.0 Å². The van der Waals surface area contributed by atoms with Gasteiger partial charge in [-0.15, -0.1) is 0 Å². The average molecular weight is 277 g/mol. The third kappa shape index (κ3) is 4.55.